The zero-order valence-corrected chi connectivity index (χ0v) is 27.6. The van der Waals surface area contributed by atoms with Crippen LogP contribution in [0.5, 0.6) is 0 Å². The van der Waals surface area contributed by atoms with Crippen molar-refractivity contribution in [2.75, 3.05) is 36.1 Å². The standard InChI is InChI=1S/C32H34ClN9O5S/c1-16-25(37-13-17-2-3-18-19(12-17)31(46)42(30(18)45)20-4-5-23(43)40-28(20)44)32(15-47-16)7-10-41(11-8-32)22-14-38-29(27(35)39-22)48-21-6-9-36-26(34)24(21)33/h2-3,6,9,12,14,16,20,25,37H,4-5,7-8,10-11,13,15H2,1H3,(H2,34,36)(H2,35,39)(H,40,43,44)/t16-,20?,25+/m0/s1. The minimum Gasteiger partial charge on any atom is -0.382 e. The Morgan fingerprint density at radius 2 is 1.85 bits per heavy atom. The van der Waals surface area contributed by atoms with Crippen molar-refractivity contribution >= 4 is 64.4 Å². The van der Waals surface area contributed by atoms with E-state index in [0.29, 0.717) is 39.7 Å². The van der Waals surface area contributed by atoms with Gasteiger partial charge in [0.1, 0.15) is 22.7 Å². The minimum absolute atomic E-state index is 0.0296. The average molecular weight is 692 g/mol. The number of piperidine rings is 2. The molecular formula is C32H34ClN9O5S. The second-order valence-electron chi connectivity index (χ2n) is 12.6. The van der Waals surface area contributed by atoms with E-state index >= 15 is 0 Å². The van der Waals surface area contributed by atoms with E-state index in [9.17, 15) is 19.2 Å². The average Bonchev–Trinajstić information content (AvgIpc) is 3.50. The van der Waals surface area contributed by atoms with Gasteiger partial charge < -0.3 is 26.4 Å². The van der Waals surface area contributed by atoms with Crippen LogP contribution in [0.4, 0.5) is 17.5 Å². The maximum absolute atomic E-state index is 13.3. The van der Waals surface area contributed by atoms with Crippen molar-refractivity contribution in [3.8, 4) is 0 Å². The van der Waals surface area contributed by atoms with Crippen LogP contribution in [0.2, 0.25) is 5.02 Å². The van der Waals surface area contributed by atoms with Gasteiger partial charge in [0.05, 0.1) is 35.1 Å². The Hall–Kier alpha value is -4.31. The molecule has 4 aliphatic rings. The smallest absolute Gasteiger partial charge is 0.262 e. The van der Waals surface area contributed by atoms with Gasteiger partial charge in [-0.25, -0.2) is 15.0 Å². The first kappa shape index (κ1) is 32.2. The van der Waals surface area contributed by atoms with E-state index in [1.165, 1.54) is 11.8 Å². The van der Waals surface area contributed by atoms with Gasteiger partial charge in [-0.3, -0.25) is 29.4 Å². The van der Waals surface area contributed by atoms with E-state index in [-0.39, 0.29) is 47.3 Å². The fourth-order valence-corrected chi connectivity index (χ4v) is 8.11. The third-order valence-electron chi connectivity index (χ3n) is 9.72. The summed E-state index contributed by atoms with van der Waals surface area (Å²) in [5.41, 5.74) is 13.4. The lowest BCUT2D eigenvalue weighted by molar-refractivity contribution is -0.136. The van der Waals surface area contributed by atoms with Crippen LogP contribution in [0.25, 0.3) is 0 Å². The van der Waals surface area contributed by atoms with Crippen molar-refractivity contribution in [1.82, 2.24) is 30.5 Å². The zero-order valence-electron chi connectivity index (χ0n) is 26.1. The van der Waals surface area contributed by atoms with E-state index in [1.54, 1.807) is 30.6 Å². The second-order valence-corrected chi connectivity index (χ2v) is 14.0. The Balaban J connectivity index is 0.993. The number of nitrogens with zero attached hydrogens (tertiary/aromatic N) is 5. The third-order valence-corrected chi connectivity index (χ3v) is 11.3. The minimum atomic E-state index is -0.996. The molecule has 1 spiro atoms. The highest BCUT2D eigenvalue weighted by atomic mass is 35.5. The predicted molar refractivity (Wildman–Crippen MR) is 177 cm³/mol. The SMILES string of the molecule is C[C@@H]1OCC2(CCN(c3cnc(Sc4ccnc(N)c4Cl)c(N)n3)CC2)[C@@H]1NCc1ccc2c(c1)C(=O)N(C1CCC(=O)NC1=O)C2=O. The second kappa shape index (κ2) is 12.6. The molecule has 6 N–H and O–H groups in total. The van der Waals surface area contributed by atoms with E-state index < -0.39 is 29.7 Å². The van der Waals surface area contributed by atoms with Crippen LogP contribution in [0.15, 0.2) is 46.6 Å². The number of hydrogen-bond acceptors (Lipinski definition) is 13. The van der Waals surface area contributed by atoms with Gasteiger partial charge in [0.25, 0.3) is 11.8 Å². The lowest BCUT2D eigenvalue weighted by atomic mass is 9.73. The van der Waals surface area contributed by atoms with Gasteiger partial charge in [-0.2, -0.15) is 0 Å². The summed E-state index contributed by atoms with van der Waals surface area (Å²) in [6.07, 6.45) is 5.18. The highest BCUT2D eigenvalue weighted by molar-refractivity contribution is 7.99. The molecule has 3 fully saturated rings. The number of nitrogens with two attached hydrogens (primary N) is 2. The number of anilines is 3. The molecule has 4 aliphatic heterocycles. The number of aromatic nitrogens is 3. The lowest BCUT2D eigenvalue weighted by Gasteiger charge is -2.43. The van der Waals surface area contributed by atoms with Gasteiger partial charge in [-0.1, -0.05) is 29.4 Å². The number of halogens is 1. The molecule has 4 amide bonds. The molecule has 0 saturated carbocycles. The number of hydrogen-bond donors (Lipinski definition) is 4. The molecule has 2 aromatic heterocycles. The Morgan fingerprint density at radius 3 is 2.60 bits per heavy atom. The van der Waals surface area contributed by atoms with Crippen LogP contribution in [0, 0.1) is 5.41 Å². The first-order valence-corrected chi connectivity index (χ1v) is 16.9. The molecular weight excluding hydrogens is 658 g/mol. The molecule has 0 bridgehead atoms. The third kappa shape index (κ3) is 5.74. The summed E-state index contributed by atoms with van der Waals surface area (Å²) in [5, 5.41) is 6.79. The number of ether oxygens (including phenoxy) is 1. The van der Waals surface area contributed by atoms with E-state index in [4.69, 9.17) is 27.8 Å². The van der Waals surface area contributed by atoms with Crippen molar-refractivity contribution in [2.45, 2.75) is 67.3 Å². The maximum atomic E-state index is 13.3. The molecule has 48 heavy (non-hydrogen) atoms. The first-order chi connectivity index (χ1) is 23.0. The van der Waals surface area contributed by atoms with Crippen LogP contribution in [0.3, 0.4) is 0 Å². The summed E-state index contributed by atoms with van der Waals surface area (Å²) < 4.78 is 6.18. The van der Waals surface area contributed by atoms with Gasteiger partial charge >= 0.3 is 0 Å². The number of carbonyl (C=O) groups is 4. The Morgan fingerprint density at radius 1 is 1.08 bits per heavy atom. The fourth-order valence-electron chi connectivity index (χ4n) is 7.09. The lowest BCUT2D eigenvalue weighted by Crippen LogP contribution is -2.54. The molecule has 16 heteroatoms. The van der Waals surface area contributed by atoms with Crippen LogP contribution >= 0.6 is 23.4 Å². The Bertz CT molecular complexity index is 1840. The molecule has 3 saturated heterocycles. The van der Waals surface area contributed by atoms with Gasteiger partial charge in [-0.05, 0) is 49.9 Å². The topological polar surface area (TPSA) is 199 Å². The van der Waals surface area contributed by atoms with Crippen LogP contribution in [-0.4, -0.2) is 81.4 Å². The van der Waals surface area contributed by atoms with E-state index in [1.807, 2.05) is 6.07 Å². The highest BCUT2D eigenvalue weighted by Gasteiger charge is 2.49. The number of benzene rings is 1. The van der Waals surface area contributed by atoms with Crippen LogP contribution < -0.4 is 27.0 Å². The van der Waals surface area contributed by atoms with Crippen LogP contribution in [0.1, 0.15) is 58.9 Å². The van der Waals surface area contributed by atoms with Crippen molar-refractivity contribution in [2.24, 2.45) is 5.41 Å². The summed E-state index contributed by atoms with van der Waals surface area (Å²) in [6, 6.07) is 5.98. The van der Waals surface area contributed by atoms with E-state index in [2.05, 4.69) is 37.4 Å². The number of fused-ring (bicyclic) bond motifs is 1. The van der Waals surface area contributed by atoms with Crippen LogP contribution in [-0.2, 0) is 20.9 Å². The Labute approximate surface area is 285 Å². The predicted octanol–water partition coefficient (Wildman–Crippen LogP) is 2.41. The van der Waals surface area contributed by atoms with Gasteiger partial charge in [0.2, 0.25) is 11.8 Å². The number of nitrogens with one attached hydrogen (secondary N) is 2. The summed E-state index contributed by atoms with van der Waals surface area (Å²) in [4.78, 5) is 67.5. The molecule has 250 valence electrons. The number of carbonyl (C=O) groups excluding carboxylic acids is 4. The van der Waals surface area contributed by atoms with Crippen molar-refractivity contribution < 1.29 is 23.9 Å². The van der Waals surface area contributed by atoms with Crippen molar-refractivity contribution in [1.29, 1.82) is 0 Å². The summed E-state index contributed by atoms with van der Waals surface area (Å²) in [6.45, 7) is 4.63. The maximum Gasteiger partial charge on any atom is 0.262 e. The highest BCUT2D eigenvalue weighted by Crippen LogP contribution is 2.43. The molecule has 0 radical (unpaired) electrons. The molecule has 1 unspecified atom stereocenters. The Kier molecular flexibility index (Phi) is 8.48. The molecule has 3 aromatic rings. The summed E-state index contributed by atoms with van der Waals surface area (Å²) >= 11 is 7.58. The number of rotatable bonds is 7. The normalized spacial score (nSPS) is 23.6. The fraction of sp³-hybridized carbons (Fsp3) is 0.406. The summed E-state index contributed by atoms with van der Waals surface area (Å²) in [7, 11) is 0. The summed E-state index contributed by atoms with van der Waals surface area (Å²) in [5.74, 6) is -0.829. The molecule has 6 heterocycles. The number of nitrogen functional groups attached to an aromatic ring is 2. The monoisotopic (exact) mass is 691 g/mol. The molecule has 1 aromatic carbocycles. The molecule has 3 atom stereocenters. The first-order valence-electron chi connectivity index (χ1n) is 15.7. The molecule has 0 aliphatic carbocycles. The van der Waals surface area contributed by atoms with Crippen molar-refractivity contribution in [3.63, 3.8) is 0 Å². The number of imide groups is 2. The van der Waals surface area contributed by atoms with Gasteiger partial charge in [0, 0.05) is 48.6 Å². The van der Waals surface area contributed by atoms with E-state index in [0.717, 1.165) is 36.4 Å². The quantitative estimate of drug-likeness (QED) is 0.264. The number of pyridine rings is 1. The molecule has 7 rings (SSSR count). The zero-order chi connectivity index (χ0) is 33.7. The van der Waals surface area contributed by atoms with Gasteiger partial charge in [-0.15, -0.1) is 0 Å². The van der Waals surface area contributed by atoms with Gasteiger partial charge in [0.15, 0.2) is 5.82 Å². The molecule has 14 nitrogen and oxygen atoms in total. The van der Waals surface area contributed by atoms with Crippen molar-refractivity contribution in [3.05, 3.63) is 58.4 Å². The largest absolute Gasteiger partial charge is 0.382 e. The number of amides is 4.